The molecule has 0 saturated heterocycles. The third-order valence-electron chi connectivity index (χ3n) is 3.23. The number of rotatable bonds is 2. The molecule has 0 aliphatic carbocycles. The van der Waals surface area contributed by atoms with Crippen LogP contribution >= 0.6 is 0 Å². The van der Waals surface area contributed by atoms with Crippen molar-refractivity contribution in [1.82, 2.24) is 9.97 Å². The lowest BCUT2D eigenvalue weighted by Gasteiger charge is -2.13. The molecule has 1 unspecified atom stereocenters. The van der Waals surface area contributed by atoms with Gasteiger partial charge in [0.2, 0.25) is 0 Å². The lowest BCUT2D eigenvalue weighted by Crippen LogP contribution is -2.02. The minimum atomic E-state index is -0.680. The second-order valence-electron chi connectivity index (χ2n) is 4.58. The van der Waals surface area contributed by atoms with Gasteiger partial charge in [-0.05, 0) is 30.0 Å². The van der Waals surface area contributed by atoms with E-state index < -0.39 is 6.10 Å². The van der Waals surface area contributed by atoms with Gasteiger partial charge in [-0.3, -0.25) is 9.97 Å². The number of benzene rings is 1. The third-order valence-corrected chi connectivity index (χ3v) is 3.23. The third kappa shape index (κ3) is 2.20. The monoisotopic (exact) mass is 250 g/mol. The fraction of sp³-hybridized carbons (Fsp3) is 0.125. The SMILES string of the molecule is Cc1cc(C(O)c2cncc3ccccc23)ccn1. The van der Waals surface area contributed by atoms with Crippen molar-refractivity contribution in [2.75, 3.05) is 0 Å². The summed E-state index contributed by atoms with van der Waals surface area (Å²) in [4.78, 5) is 8.36. The topological polar surface area (TPSA) is 46.0 Å². The van der Waals surface area contributed by atoms with Crippen LogP contribution in [0.15, 0.2) is 55.0 Å². The van der Waals surface area contributed by atoms with E-state index in [2.05, 4.69) is 9.97 Å². The van der Waals surface area contributed by atoms with Crippen LogP contribution < -0.4 is 0 Å². The number of nitrogens with zero attached hydrogens (tertiary/aromatic N) is 2. The van der Waals surface area contributed by atoms with Gasteiger partial charge < -0.3 is 5.11 Å². The summed E-state index contributed by atoms with van der Waals surface area (Å²) in [5, 5.41) is 12.6. The molecule has 3 nitrogen and oxygen atoms in total. The van der Waals surface area contributed by atoms with Gasteiger partial charge in [0, 0.05) is 35.2 Å². The first-order valence-corrected chi connectivity index (χ1v) is 6.19. The minimum absolute atomic E-state index is 0.680. The second kappa shape index (κ2) is 4.78. The molecule has 1 N–H and O–H groups in total. The molecule has 0 aliphatic heterocycles. The van der Waals surface area contributed by atoms with E-state index in [4.69, 9.17) is 0 Å². The summed E-state index contributed by atoms with van der Waals surface area (Å²) in [7, 11) is 0. The first kappa shape index (κ1) is 11.8. The predicted octanol–water partition coefficient (Wildman–Crippen LogP) is 3.02. The van der Waals surface area contributed by atoms with E-state index in [0.29, 0.717) is 0 Å². The van der Waals surface area contributed by atoms with Crippen molar-refractivity contribution in [1.29, 1.82) is 0 Å². The molecule has 0 saturated carbocycles. The molecule has 0 fully saturated rings. The largest absolute Gasteiger partial charge is 0.384 e. The molecule has 0 amide bonds. The van der Waals surface area contributed by atoms with E-state index in [1.165, 1.54) is 0 Å². The molecular weight excluding hydrogens is 236 g/mol. The number of hydrogen-bond donors (Lipinski definition) is 1. The summed E-state index contributed by atoms with van der Waals surface area (Å²) in [5.41, 5.74) is 2.55. The molecule has 0 aliphatic rings. The maximum atomic E-state index is 10.5. The number of fused-ring (bicyclic) bond motifs is 1. The van der Waals surface area contributed by atoms with Gasteiger partial charge >= 0.3 is 0 Å². The smallest absolute Gasteiger partial charge is 0.106 e. The predicted molar refractivity (Wildman–Crippen MR) is 74.8 cm³/mol. The highest BCUT2D eigenvalue weighted by Crippen LogP contribution is 2.27. The Morgan fingerprint density at radius 3 is 2.79 bits per heavy atom. The van der Waals surface area contributed by atoms with Crippen molar-refractivity contribution in [3.05, 3.63) is 71.8 Å². The van der Waals surface area contributed by atoms with Gasteiger partial charge in [0.15, 0.2) is 0 Å². The Kier molecular flexibility index (Phi) is 2.97. The molecule has 0 spiro atoms. The van der Waals surface area contributed by atoms with Gasteiger partial charge in [0.05, 0.1) is 0 Å². The van der Waals surface area contributed by atoms with E-state index >= 15 is 0 Å². The number of aliphatic hydroxyl groups excluding tert-OH is 1. The Bertz CT molecular complexity index is 719. The van der Waals surface area contributed by atoms with Gasteiger partial charge in [0.1, 0.15) is 6.10 Å². The maximum Gasteiger partial charge on any atom is 0.106 e. The Morgan fingerprint density at radius 2 is 1.95 bits per heavy atom. The van der Waals surface area contributed by atoms with Crippen molar-refractivity contribution in [2.45, 2.75) is 13.0 Å². The zero-order chi connectivity index (χ0) is 13.2. The summed E-state index contributed by atoms with van der Waals surface area (Å²) >= 11 is 0. The summed E-state index contributed by atoms with van der Waals surface area (Å²) in [5.74, 6) is 0. The molecule has 3 aromatic rings. The van der Waals surface area contributed by atoms with Crippen molar-refractivity contribution in [2.24, 2.45) is 0 Å². The zero-order valence-electron chi connectivity index (χ0n) is 10.6. The molecule has 3 heteroatoms. The first-order valence-electron chi connectivity index (χ1n) is 6.19. The summed E-state index contributed by atoms with van der Waals surface area (Å²) in [6.07, 6.45) is 4.57. The van der Waals surface area contributed by atoms with Crippen LogP contribution in [-0.2, 0) is 0 Å². The summed E-state index contributed by atoms with van der Waals surface area (Å²) in [6.45, 7) is 1.91. The van der Waals surface area contributed by atoms with Crippen LogP contribution in [0.25, 0.3) is 10.8 Å². The Labute approximate surface area is 111 Å². The van der Waals surface area contributed by atoms with Crippen LogP contribution in [0.3, 0.4) is 0 Å². The highest BCUT2D eigenvalue weighted by molar-refractivity contribution is 5.85. The van der Waals surface area contributed by atoms with E-state index in [-0.39, 0.29) is 0 Å². The number of aryl methyl sites for hydroxylation is 1. The van der Waals surface area contributed by atoms with Crippen molar-refractivity contribution < 1.29 is 5.11 Å². The van der Waals surface area contributed by atoms with Crippen LogP contribution in [0.1, 0.15) is 22.9 Å². The molecule has 1 atom stereocenters. The van der Waals surface area contributed by atoms with Crippen molar-refractivity contribution >= 4 is 10.8 Å². The molecule has 3 rings (SSSR count). The average molecular weight is 250 g/mol. The average Bonchev–Trinajstić information content (AvgIpc) is 2.46. The quantitative estimate of drug-likeness (QED) is 0.760. The van der Waals surface area contributed by atoms with E-state index in [1.54, 1.807) is 12.4 Å². The first-order chi connectivity index (χ1) is 9.25. The lowest BCUT2D eigenvalue weighted by atomic mass is 9.98. The normalized spacial score (nSPS) is 12.5. The van der Waals surface area contributed by atoms with E-state index in [0.717, 1.165) is 27.6 Å². The van der Waals surface area contributed by atoms with Crippen LogP contribution in [0, 0.1) is 6.92 Å². The lowest BCUT2D eigenvalue weighted by molar-refractivity contribution is 0.221. The maximum absolute atomic E-state index is 10.5. The Morgan fingerprint density at radius 1 is 1.11 bits per heavy atom. The summed E-state index contributed by atoms with van der Waals surface area (Å²) < 4.78 is 0. The van der Waals surface area contributed by atoms with Gasteiger partial charge in [0.25, 0.3) is 0 Å². The second-order valence-corrected chi connectivity index (χ2v) is 4.58. The highest BCUT2D eigenvalue weighted by atomic mass is 16.3. The van der Waals surface area contributed by atoms with Crippen LogP contribution in [0.2, 0.25) is 0 Å². The van der Waals surface area contributed by atoms with Crippen LogP contribution in [0.5, 0.6) is 0 Å². The van der Waals surface area contributed by atoms with E-state index in [9.17, 15) is 5.11 Å². The fourth-order valence-corrected chi connectivity index (χ4v) is 2.27. The molecule has 0 bridgehead atoms. The highest BCUT2D eigenvalue weighted by Gasteiger charge is 2.14. The van der Waals surface area contributed by atoms with Gasteiger partial charge in [-0.25, -0.2) is 0 Å². The zero-order valence-corrected chi connectivity index (χ0v) is 10.6. The van der Waals surface area contributed by atoms with Gasteiger partial charge in [-0.1, -0.05) is 24.3 Å². The number of aromatic nitrogens is 2. The van der Waals surface area contributed by atoms with Crippen LogP contribution in [-0.4, -0.2) is 15.1 Å². The van der Waals surface area contributed by atoms with Gasteiger partial charge in [-0.2, -0.15) is 0 Å². The fourth-order valence-electron chi connectivity index (χ4n) is 2.27. The van der Waals surface area contributed by atoms with Gasteiger partial charge in [-0.15, -0.1) is 0 Å². The Balaban J connectivity index is 2.14. The van der Waals surface area contributed by atoms with E-state index in [1.807, 2.05) is 49.5 Å². The van der Waals surface area contributed by atoms with Crippen molar-refractivity contribution in [3.8, 4) is 0 Å². The summed E-state index contributed by atoms with van der Waals surface area (Å²) in [6, 6.07) is 11.7. The Hall–Kier alpha value is -2.26. The number of hydrogen-bond acceptors (Lipinski definition) is 3. The van der Waals surface area contributed by atoms with Crippen molar-refractivity contribution in [3.63, 3.8) is 0 Å². The van der Waals surface area contributed by atoms with Crippen LogP contribution in [0.4, 0.5) is 0 Å². The molecule has 94 valence electrons. The number of aliphatic hydroxyl groups is 1. The molecule has 1 aromatic carbocycles. The standard InChI is InChI=1S/C16H14N2O/c1-11-8-12(6-7-18-11)16(19)15-10-17-9-13-4-2-3-5-14(13)15/h2-10,16,19H,1H3. The minimum Gasteiger partial charge on any atom is -0.384 e. The molecule has 19 heavy (non-hydrogen) atoms. The molecule has 2 heterocycles. The molecular formula is C16H14N2O. The molecule has 2 aromatic heterocycles. The number of pyridine rings is 2. The molecule has 0 radical (unpaired) electrons.